The highest BCUT2D eigenvalue weighted by Crippen LogP contribution is 2.31. The van der Waals surface area contributed by atoms with Crippen LogP contribution in [-0.2, 0) is 4.79 Å². The maximum absolute atomic E-state index is 12.4. The largest absolute Gasteiger partial charge is 0.339 e. The van der Waals surface area contributed by atoms with E-state index < -0.39 is 0 Å². The number of carbonyl (C=O) groups is 1. The molecule has 2 rings (SSSR count). The second-order valence-corrected chi connectivity index (χ2v) is 5.93. The topological polar surface area (TPSA) is 20.3 Å². The van der Waals surface area contributed by atoms with Crippen molar-refractivity contribution >= 4 is 21.8 Å². The summed E-state index contributed by atoms with van der Waals surface area (Å²) < 4.78 is 0. The van der Waals surface area contributed by atoms with E-state index in [1.807, 2.05) is 0 Å². The van der Waals surface area contributed by atoms with E-state index in [0.717, 1.165) is 24.7 Å². The predicted octanol–water partition coefficient (Wildman–Crippen LogP) is 3.34. The van der Waals surface area contributed by atoms with Gasteiger partial charge in [-0.1, -0.05) is 41.6 Å². The molecule has 2 saturated carbocycles. The van der Waals surface area contributed by atoms with Gasteiger partial charge in [0.15, 0.2) is 0 Å². The van der Waals surface area contributed by atoms with Crippen LogP contribution in [0.15, 0.2) is 0 Å². The van der Waals surface area contributed by atoms with E-state index in [9.17, 15) is 4.79 Å². The molecule has 92 valence electrons. The van der Waals surface area contributed by atoms with E-state index in [2.05, 4.69) is 20.8 Å². The van der Waals surface area contributed by atoms with Gasteiger partial charge in [-0.15, -0.1) is 0 Å². The number of hydrogen-bond donors (Lipinski definition) is 0. The molecule has 0 N–H and O–H groups in total. The van der Waals surface area contributed by atoms with Crippen molar-refractivity contribution in [1.82, 2.24) is 4.90 Å². The first kappa shape index (κ1) is 12.4. The fourth-order valence-electron chi connectivity index (χ4n) is 2.71. The minimum Gasteiger partial charge on any atom is -0.339 e. The molecule has 2 aliphatic carbocycles. The standard InChI is InChI=1S/C13H22BrNO/c14-9-10-15(12-7-8-12)13(16)11-5-3-1-2-4-6-11/h11-12H,1-10H2. The zero-order valence-corrected chi connectivity index (χ0v) is 11.5. The molecule has 2 nitrogen and oxygen atoms in total. The maximum Gasteiger partial charge on any atom is 0.225 e. The zero-order valence-electron chi connectivity index (χ0n) is 9.96. The summed E-state index contributed by atoms with van der Waals surface area (Å²) in [6.45, 7) is 0.903. The van der Waals surface area contributed by atoms with Gasteiger partial charge in [0.25, 0.3) is 0 Å². The summed E-state index contributed by atoms with van der Waals surface area (Å²) in [4.78, 5) is 14.6. The van der Waals surface area contributed by atoms with Crippen LogP contribution in [-0.4, -0.2) is 28.7 Å². The van der Waals surface area contributed by atoms with Gasteiger partial charge in [0, 0.05) is 23.8 Å². The lowest BCUT2D eigenvalue weighted by molar-refractivity contribution is -0.136. The molecule has 0 atom stereocenters. The van der Waals surface area contributed by atoms with Crippen molar-refractivity contribution in [2.75, 3.05) is 11.9 Å². The van der Waals surface area contributed by atoms with Crippen LogP contribution in [0.1, 0.15) is 51.4 Å². The molecule has 0 aliphatic heterocycles. The van der Waals surface area contributed by atoms with Crippen LogP contribution in [0, 0.1) is 5.92 Å². The molecule has 0 aromatic heterocycles. The number of rotatable bonds is 4. The van der Waals surface area contributed by atoms with Crippen LogP contribution < -0.4 is 0 Å². The first-order valence-electron chi connectivity index (χ1n) is 6.69. The second kappa shape index (κ2) is 6.04. The monoisotopic (exact) mass is 287 g/mol. The molecule has 3 heteroatoms. The minimum absolute atomic E-state index is 0.335. The molecule has 0 aromatic carbocycles. The summed E-state index contributed by atoms with van der Waals surface area (Å²) in [5, 5.41) is 0.919. The van der Waals surface area contributed by atoms with Crippen molar-refractivity contribution in [3.8, 4) is 0 Å². The Morgan fingerprint density at radius 3 is 2.19 bits per heavy atom. The predicted molar refractivity (Wildman–Crippen MR) is 69.7 cm³/mol. The highest BCUT2D eigenvalue weighted by atomic mass is 79.9. The van der Waals surface area contributed by atoms with E-state index in [4.69, 9.17) is 0 Å². The van der Waals surface area contributed by atoms with Crippen LogP contribution in [0.4, 0.5) is 0 Å². The van der Waals surface area contributed by atoms with Crippen LogP contribution in [0.5, 0.6) is 0 Å². The second-order valence-electron chi connectivity index (χ2n) is 5.14. The third kappa shape index (κ3) is 3.22. The van der Waals surface area contributed by atoms with Crippen molar-refractivity contribution < 1.29 is 4.79 Å². The van der Waals surface area contributed by atoms with E-state index in [-0.39, 0.29) is 0 Å². The number of nitrogens with zero attached hydrogens (tertiary/aromatic N) is 1. The molecular weight excluding hydrogens is 266 g/mol. The third-order valence-corrected chi connectivity index (χ3v) is 4.16. The summed E-state index contributed by atoms with van der Waals surface area (Å²) in [5.41, 5.74) is 0. The van der Waals surface area contributed by atoms with Gasteiger partial charge < -0.3 is 4.90 Å². The minimum atomic E-state index is 0.335. The van der Waals surface area contributed by atoms with Crippen LogP contribution in [0.3, 0.4) is 0 Å². The molecule has 0 unspecified atom stereocenters. The molecule has 2 aliphatic rings. The molecule has 0 saturated heterocycles. The zero-order chi connectivity index (χ0) is 11.4. The number of carbonyl (C=O) groups excluding carboxylic acids is 1. The Hall–Kier alpha value is -0.0500. The van der Waals surface area contributed by atoms with Crippen LogP contribution in [0.25, 0.3) is 0 Å². The number of hydrogen-bond acceptors (Lipinski definition) is 1. The van der Waals surface area contributed by atoms with Gasteiger partial charge in [0.2, 0.25) is 5.91 Å². The lowest BCUT2D eigenvalue weighted by atomic mass is 9.98. The fraction of sp³-hybridized carbons (Fsp3) is 0.923. The molecule has 0 aromatic rings. The Kier molecular flexibility index (Phi) is 4.68. The quantitative estimate of drug-likeness (QED) is 0.574. The van der Waals surface area contributed by atoms with Gasteiger partial charge in [-0.05, 0) is 25.7 Å². The van der Waals surface area contributed by atoms with Gasteiger partial charge >= 0.3 is 0 Å². The molecule has 2 fully saturated rings. The Morgan fingerprint density at radius 2 is 1.69 bits per heavy atom. The van der Waals surface area contributed by atoms with Crippen molar-refractivity contribution in [1.29, 1.82) is 0 Å². The molecule has 0 radical (unpaired) electrons. The molecule has 1 amide bonds. The van der Waals surface area contributed by atoms with Crippen molar-refractivity contribution in [3.63, 3.8) is 0 Å². The molecule has 0 heterocycles. The summed E-state index contributed by atoms with van der Waals surface area (Å²) in [6.07, 6.45) is 9.87. The Labute approximate surface area is 107 Å². The highest BCUT2D eigenvalue weighted by molar-refractivity contribution is 9.09. The summed E-state index contributed by atoms with van der Waals surface area (Å²) >= 11 is 3.46. The lowest BCUT2D eigenvalue weighted by Crippen LogP contribution is -2.39. The smallest absolute Gasteiger partial charge is 0.225 e. The molecule has 0 bridgehead atoms. The Balaban J connectivity index is 1.91. The van der Waals surface area contributed by atoms with Gasteiger partial charge in [-0.25, -0.2) is 0 Å². The summed E-state index contributed by atoms with van der Waals surface area (Å²) in [6, 6.07) is 0.577. The Morgan fingerprint density at radius 1 is 1.06 bits per heavy atom. The summed E-state index contributed by atoms with van der Waals surface area (Å²) in [5.74, 6) is 0.783. The lowest BCUT2D eigenvalue weighted by Gasteiger charge is -2.26. The van der Waals surface area contributed by atoms with Gasteiger partial charge in [0.1, 0.15) is 0 Å². The van der Waals surface area contributed by atoms with Crippen LogP contribution >= 0.6 is 15.9 Å². The van der Waals surface area contributed by atoms with Crippen molar-refractivity contribution in [2.24, 2.45) is 5.92 Å². The van der Waals surface area contributed by atoms with Gasteiger partial charge in [0.05, 0.1) is 0 Å². The van der Waals surface area contributed by atoms with E-state index in [1.54, 1.807) is 0 Å². The number of alkyl halides is 1. The summed E-state index contributed by atoms with van der Waals surface area (Å²) in [7, 11) is 0. The maximum atomic E-state index is 12.4. The van der Waals surface area contributed by atoms with E-state index in [0.29, 0.717) is 17.9 Å². The normalized spacial score (nSPS) is 22.8. The highest BCUT2D eigenvalue weighted by Gasteiger charge is 2.35. The van der Waals surface area contributed by atoms with Crippen molar-refractivity contribution in [2.45, 2.75) is 57.4 Å². The first-order valence-corrected chi connectivity index (χ1v) is 7.81. The fourth-order valence-corrected chi connectivity index (χ4v) is 3.09. The average molecular weight is 288 g/mol. The number of halogens is 1. The Bertz CT molecular complexity index is 232. The van der Waals surface area contributed by atoms with Crippen molar-refractivity contribution in [3.05, 3.63) is 0 Å². The third-order valence-electron chi connectivity index (χ3n) is 3.80. The van der Waals surface area contributed by atoms with Crippen LogP contribution in [0.2, 0.25) is 0 Å². The first-order chi connectivity index (χ1) is 7.83. The molecular formula is C13H22BrNO. The molecule has 0 spiro atoms. The average Bonchev–Trinajstić information content (AvgIpc) is 3.10. The SMILES string of the molecule is O=C(C1CCCCCC1)N(CCBr)C1CC1. The van der Waals surface area contributed by atoms with Gasteiger partial charge in [-0.3, -0.25) is 4.79 Å². The van der Waals surface area contributed by atoms with Gasteiger partial charge in [-0.2, -0.15) is 0 Å². The van der Waals surface area contributed by atoms with E-state index >= 15 is 0 Å². The van der Waals surface area contributed by atoms with E-state index in [1.165, 1.54) is 38.5 Å². The molecule has 16 heavy (non-hydrogen) atoms. The number of amides is 1.